The normalized spacial score (nSPS) is 11.2. The molecular weight excluding hydrogens is 352 g/mol. The first-order chi connectivity index (χ1) is 13.8. The first kappa shape index (κ1) is 22.3. The van der Waals surface area contributed by atoms with E-state index in [1.54, 1.807) is 6.33 Å². The molecule has 156 valence electrons. The molecule has 0 atom stereocenters. The number of fused-ring (bicyclic) bond motifs is 1. The number of carbonyl (C=O) groups excluding carboxylic acids is 1. The molecule has 0 bridgehead atoms. The predicted molar refractivity (Wildman–Crippen MR) is 112 cm³/mol. The third-order valence-corrected chi connectivity index (χ3v) is 5.31. The van der Waals surface area contributed by atoms with Crippen LogP contribution in [0, 0.1) is 0 Å². The summed E-state index contributed by atoms with van der Waals surface area (Å²) >= 11 is 0. The number of hydrogen-bond donors (Lipinski definition) is 0. The number of imidazole rings is 1. The van der Waals surface area contributed by atoms with Gasteiger partial charge in [0.05, 0.1) is 19.6 Å². The lowest BCUT2D eigenvalue weighted by Crippen LogP contribution is -1.99. The number of aryl methyl sites for hydroxylation is 1. The van der Waals surface area contributed by atoms with E-state index in [-0.39, 0.29) is 5.97 Å². The zero-order chi connectivity index (χ0) is 19.9. The van der Waals surface area contributed by atoms with Crippen molar-refractivity contribution < 1.29 is 9.53 Å². The first-order valence-corrected chi connectivity index (χ1v) is 11.0. The van der Waals surface area contributed by atoms with Crippen LogP contribution in [0.25, 0.3) is 11.2 Å². The lowest BCUT2D eigenvalue weighted by Gasteiger charge is -2.05. The summed E-state index contributed by atoms with van der Waals surface area (Å²) in [4.78, 5) is 23.6. The smallest absolute Gasteiger partial charge is 0.305 e. The van der Waals surface area contributed by atoms with Gasteiger partial charge in [-0.25, -0.2) is 15.0 Å². The quantitative estimate of drug-likeness (QED) is 0.282. The van der Waals surface area contributed by atoms with Crippen LogP contribution >= 0.6 is 0 Å². The highest BCUT2D eigenvalue weighted by Gasteiger charge is 2.02. The maximum absolute atomic E-state index is 11.0. The average Bonchev–Trinajstić information content (AvgIpc) is 3.13. The fraction of sp³-hybridized carbons (Fsp3) is 0.727. The van der Waals surface area contributed by atoms with E-state index in [0.29, 0.717) is 6.42 Å². The third-order valence-electron chi connectivity index (χ3n) is 5.31. The molecule has 2 heterocycles. The summed E-state index contributed by atoms with van der Waals surface area (Å²) in [6.07, 6.45) is 22.4. The van der Waals surface area contributed by atoms with E-state index in [1.165, 1.54) is 77.7 Å². The molecule has 0 amide bonds. The standard InChI is InChI=1S/C22H36N4O2/c1-28-21(27)15-13-11-9-7-5-3-2-4-6-8-10-12-14-16-26-19-25-22-20(26)17-23-18-24-22/h17-19H,2-16H2,1H3. The molecule has 0 aliphatic carbocycles. The Morgan fingerprint density at radius 1 is 0.857 bits per heavy atom. The number of unbranched alkanes of at least 4 members (excludes halogenated alkanes) is 12. The van der Waals surface area contributed by atoms with Crippen molar-refractivity contribution in [1.82, 2.24) is 19.5 Å². The summed E-state index contributed by atoms with van der Waals surface area (Å²) < 4.78 is 6.81. The van der Waals surface area contributed by atoms with E-state index < -0.39 is 0 Å². The lowest BCUT2D eigenvalue weighted by atomic mass is 10.0. The number of carbonyl (C=O) groups is 1. The molecule has 2 aromatic rings. The van der Waals surface area contributed by atoms with E-state index in [4.69, 9.17) is 0 Å². The maximum atomic E-state index is 11.0. The Kier molecular flexibility index (Phi) is 11.2. The number of esters is 1. The number of nitrogens with zero attached hydrogens (tertiary/aromatic N) is 4. The second-order valence-electron chi connectivity index (χ2n) is 7.59. The number of rotatable bonds is 16. The second-order valence-corrected chi connectivity index (χ2v) is 7.59. The minimum Gasteiger partial charge on any atom is -0.469 e. The summed E-state index contributed by atoms with van der Waals surface area (Å²) in [5.74, 6) is -0.0789. The van der Waals surface area contributed by atoms with Crippen molar-refractivity contribution in [3.8, 4) is 0 Å². The zero-order valence-corrected chi connectivity index (χ0v) is 17.4. The Labute approximate surface area is 169 Å². The Bertz CT molecular complexity index is 671. The molecule has 0 radical (unpaired) electrons. The summed E-state index contributed by atoms with van der Waals surface area (Å²) in [6.45, 7) is 1.00. The van der Waals surface area contributed by atoms with Crippen LogP contribution in [0.1, 0.15) is 89.9 Å². The van der Waals surface area contributed by atoms with Gasteiger partial charge >= 0.3 is 5.97 Å². The summed E-state index contributed by atoms with van der Waals surface area (Å²) in [5.41, 5.74) is 1.82. The topological polar surface area (TPSA) is 69.9 Å². The van der Waals surface area contributed by atoms with Crippen LogP contribution in [0.4, 0.5) is 0 Å². The van der Waals surface area contributed by atoms with E-state index in [0.717, 1.165) is 30.6 Å². The van der Waals surface area contributed by atoms with Crippen LogP contribution in [-0.4, -0.2) is 32.6 Å². The van der Waals surface area contributed by atoms with Crippen molar-refractivity contribution in [3.05, 3.63) is 18.9 Å². The fourth-order valence-corrected chi connectivity index (χ4v) is 3.58. The predicted octanol–water partition coefficient (Wildman–Crippen LogP) is 5.46. The average molecular weight is 389 g/mol. The summed E-state index contributed by atoms with van der Waals surface area (Å²) in [5, 5.41) is 0. The number of methoxy groups -OCH3 is 1. The zero-order valence-electron chi connectivity index (χ0n) is 17.4. The Morgan fingerprint density at radius 3 is 2.04 bits per heavy atom. The molecule has 0 aromatic carbocycles. The molecule has 0 aliphatic heterocycles. The molecule has 2 aromatic heterocycles. The van der Waals surface area contributed by atoms with Crippen LogP contribution in [0.2, 0.25) is 0 Å². The molecule has 0 unspecified atom stereocenters. The molecule has 0 aliphatic rings. The van der Waals surface area contributed by atoms with Gasteiger partial charge in [-0.15, -0.1) is 0 Å². The number of hydrogen-bond acceptors (Lipinski definition) is 5. The van der Waals surface area contributed by atoms with Crippen molar-refractivity contribution in [1.29, 1.82) is 0 Å². The molecule has 2 rings (SSSR count). The molecule has 0 spiro atoms. The minimum atomic E-state index is -0.0789. The van der Waals surface area contributed by atoms with Gasteiger partial charge in [-0.1, -0.05) is 70.6 Å². The SMILES string of the molecule is COC(=O)CCCCCCCCCCCCCCCn1cnc2ncncc21. The van der Waals surface area contributed by atoms with E-state index in [1.807, 2.05) is 12.5 Å². The third kappa shape index (κ3) is 8.81. The summed E-state index contributed by atoms with van der Waals surface area (Å²) in [6, 6.07) is 0. The molecule has 0 saturated carbocycles. The van der Waals surface area contributed by atoms with Crippen molar-refractivity contribution in [3.63, 3.8) is 0 Å². The molecule has 28 heavy (non-hydrogen) atoms. The van der Waals surface area contributed by atoms with Crippen molar-refractivity contribution in [2.45, 2.75) is 96.4 Å². The van der Waals surface area contributed by atoms with Gasteiger partial charge in [0.25, 0.3) is 0 Å². The highest BCUT2D eigenvalue weighted by molar-refractivity contribution is 5.69. The largest absolute Gasteiger partial charge is 0.469 e. The Hall–Kier alpha value is -1.98. The van der Waals surface area contributed by atoms with Crippen LogP contribution in [-0.2, 0) is 16.1 Å². The molecular formula is C22H36N4O2. The highest BCUT2D eigenvalue weighted by atomic mass is 16.5. The molecule has 6 nitrogen and oxygen atoms in total. The van der Waals surface area contributed by atoms with E-state index in [9.17, 15) is 4.79 Å². The van der Waals surface area contributed by atoms with Gasteiger partial charge in [0.15, 0.2) is 5.65 Å². The molecule has 0 fully saturated rings. The minimum absolute atomic E-state index is 0.0789. The number of aromatic nitrogens is 4. The van der Waals surface area contributed by atoms with Crippen molar-refractivity contribution in [2.75, 3.05) is 7.11 Å². The maximum Gasteiger partial charge on any atom is 0.305 e. The van der Waals surface area contributed by atoms with Gasteiger partial charge in [0.1, 0.15) is 11.8 Å². The monoisotopic (exact) mass is 388 g/mol. The van der Waals surface area contributed by atoms with E-state index in [2.05, 4.69) is 24.3 Å². The molecule has 6 heteroatoms. The highest BCUT2D eigenvalue weighted by Crippen LogP contribution is 2.14. The van der Waals surface area contributed by atoms with Gasteiger partial charge in [-0.05, 0) is 12.8 Å². The first-order valence-electron chi connectivity index (χ1n) is 11.0. The van der Waals surface area contributed by atoms with Crippen molar-refractivity contribution >= 4 is 17.1 Å². The van der Waals surface area contributed by atoms with E-state index >= 15 is 0 Å². The van der Waals surface area contributed by atoms with Gasteiger partial charge in [-0.3, -0.25) is 4.79 Å². The Morgan fingerprint density at radius 2 is 1.43 bits per heavy atom. The van der Waals surface area contributed by atoms with Crippen LogP contribution < -0.4 is 0 Å². The van der Waals surface area contributed by atoms with Crippen molar-refractivity contribution in [2.24, 2.45) is 0 Å². The lowest BCUT2D eigenvalue weighted by molar-refractivity contribution is -0.140. The molecule has 0 saturated heterocycles. The van der Waals surface area contributed by atoms with Crippen LogP contribution in [0.5, 0.6) is 0 Å². The second kappa shape index (κ2) is 14.1. The van der Waals surface area contributed by atoms with Crippen LogP contribution in [0.3, 0.4) is 0 Å². The van der Waals surface area contributed by atoms with Gasteiger partial charge in [0, 0.05) is 13.0 Å². The summed E-state index contributed by atoms with van der Waals surface area (Å²) in [7, 11) is 1.46. The van der Waals surface area contributed by atoms with Crippen LogP contribution in [0.15, 0.2) is 18.9 Å². The van der Waals surface area contributed by atoms with Gasteiger partial charge in [-0.2, -0.15) is 0 Å². The Balaban J connectivity index is 1.33. The van der Waals surface area contributed by atoms with Gasteiger partial charge < -0.3 is 9.30 Å². The fourth-order valence-electron chi connectivity index (χ4n) is 3.58. The van der Waals surface area contributed by atoms with Gasteiger partial charge in [0.2, 0.25) is 0 Å². The number of ether oxygens (including phenoxy) is 1. The molecule has 0 N–H and O–H groups in total.